The van der Waals surface area contributed by atoms with Crippen LogP contribution in [0.25, 0.3) is 0 Å². The molecule has 3 heteroatoms. The predicted molar refractivity (Wildman–Crippen MR) is 48.2 cm³/mol. The molecule has 1 atom stereocenters. The monoisotopic (exact) mass is 240 g/mol. The Morgan fingerprint density at radius 1 is 1.78 bits per heavy atom. The molecule has 0 spiro atoms. The molecule has 0 aromatic carbocycles. The summed E-state index contributed by atoms with van der Waals surface area (Å²) < 4.78 is 4.42. The molecular formula is C6H13IN2. The molecule has 1 N–H and O–H groups in total. The van der Waals surface area contributed by atoms with E-state index in [0.717, 1.165) is 12.5 Å². The lowest BCUT2D eigenvalue weighted by atomic mass is 10.1. The third-order valence-corrected chi connectivity index (χ3v) is 2.69. The molecule has 0 aromatic rings. The first-order valence-corrected chi connectivity index (χ1v) is 6.42. The van der Waals surface area contributed by atoms with Gasteiger partial charge in [-0.3, -0.25) is 3.15 Å². The standard InChI is InChI=1S/C6H13IN2/c1-7-9-5-6-2-3-8-4-6/h6,8H,2-5H2,1H3. The molecule has 1 aliphatic heterocycles. The zero-order valence-electron chi connectivity index (χ0n) is 5.73. The Labute approximate surface area is 66.6 Å². The molecule has 0 bridgehead atoms. The normalized spacial score (nSPS) is 28.8. The van der Waals surface area contributed by atoms with Crippen molar-refractivity contribution in [3.8, 4) is 0 Å². The number of rotatable bonds is 2. The van der Waals surface area contributed by atoms with Crippen LogP contribution in [0.15, 0.2) is 3.15 Å². The molecule has 1 aliphatic rings. The third kappa shape index (κ3) is 2.71. The highest BCUT2D eigenvalue weighted by Gasteiger charge is 2.12. The largest absolute Gasteiger partial charge is 0.316 e. The zero-order valence-corrected chi connectivity index (χ0v) is 7.89. The highest BCUT2D eigenvalue weighted by Crippen LogP contribution is 2.09. The van der Waals surface area contributed by atoms with Gasteiger partial charge in [0.15, 0.2) is 0 Å². The Hall–Kier alpha value is 0.490. The summed E-state index contributed by atoms with van der Waals surface area (Å²) in [5.41, 5.74) is 0. The topological polar surface area (TPSA) is 24.4 Å². The van der Waals surface area contributed by atoms with Crippen LogP contribution in [0.2, 0.25) is 0 Å². The lowest BCUT2D eigenvalue weighted by Gasteiger charge is -2.00. The summed E-state index contributed by atoms with van der Waals surface area (Å²) in [5, 5.41) is 3.33. The molecule has 9 heavy (non-hydrogen) atoms. The van der Waals surface area contributed by atoms with E-state index in [2.05, 4.69) is 13.4 Å². The van der Waals surface area contributed by atoms with E-state index in [1.54, 1.807) is 0 Å². The van der Waals surface area contributed by atoms with Gasteiger partial charge in [0.2, 0.25) is 0 Å². The van der Waals surface area contributed by atoms with Gasteiger partial charge in [0.25, 0.3) is 0 Å². The summed E-state index contributed by atoms with van der Waals surface area (Å²) in [6, 6.07) is 0. The summed E-state index contributed by atoms with van der Waals surface area (Å²) in [4.78, 5) is 2.21. The molecule has 1 rings (SSSR count). The molecule has 1 unspecified atom stereocenters. The van der Waals surface area contributed by atoms with Crippen LogP contribution in [0, 0.1) is 5.92 Å². The summed E-state index contributed by atoms with van der Waals surface area (Å²) in [6.07, 6.45) is 1.34. The zero-order chi connectivity index (χ0) is 6.53. The third-order valence-electron chi connectivity index (χ3n) is 1.61. The van der Waals surface area contributed by atoms with Gasteiger partial charge < -0.3 is 5.32 Å². The van der Waals surface area contributed by atoms with E-state index in [4.69, 9.17) is 0 Å². The highest BCUT2D eigenvalue weighted by molar-refractivity contribution is 14.2. The second-order valence-electron chi connectivity index (χ2n) is 2.33. The smallest absolute Gasteiger partial charge is 0.0485 e. The number of hydrogen-bond acceptors (Lipinski definition) is 2. The number of nitrogens with zero attached hydrogens (tertiary/aromatic N) is 1. The Kier molecular flexibility index (Phi) is 3.65. The van der Waals surface area contributed by atoms with Gasteiger partial charge in [-0.1, -0.05) is 0 Å². The van der Waals surface area contributed by atoms with Crippen molar-refractivity contribution in [1.82, 2.24) is 5.32 Å². The summed E-state index contributed by atoms with van der Waals surface area (Å²) in [6.45, 7) is 3.53. The SMILES string of the molecule is CI=NCC1CCNC1. The fraction of sp³-hybridized carbons (Fsp3) is 1.00. The minimum Gasteiger partial charge on any atom is -0.316 e. The minimum atomic E-state index is 0.187. The van der Waals surface area contributed by atoms with Crippen LogP contribution >= 0.6 is 21.0 Å². The maximum absolute atomic E-state index is 4.42. The van der Waals surface area contributed by atoms with Crippen LogP contribution in [-0.4, -0.2) is 24.6 Å². The van der Waals surface area contributed by atoms with Crippen molar-refractivity contribution in [2.45, 2.75) is 6.42 Å². The van der Waals surface area contributed by atoms with Crippen LogP contribution in [-0.2, 0) is 0 Å². The lowest BCUT2D eigenvalue weighted by molar-refractivity contribution is 0.603. The average Bonchev–Trinajstić information content (AvgIpc) is 2.34. The molecule has 0 amide bonds. The Balaban J connectivity index is 2.11. The summed E-state index contributed by atoms with van der Waals surface area (Å²) in [7, 11) is 0. The van der Waals surface area contributed by atoms with Crippen molar-refractivity contribution in [3.05, 3.63) is 0 Å². The molecule has 0 aromatic heterocycles. The molecule has 0 aliphatic carbocycles. The molecule has 1 saturated heterocycles. The van der Waals surface area contributed by atoms with Crippen LogP contribution in [0.4, 0.5) is 0 Å². The average molecular weight is 240 g/mol. The van der Waals surface area contributed by atoms with E-state index in [0.29, 0.717) is 0 Å². The minimum absolute atomic E-state index is 0.187. The lowest BCUT2D eigenvalue weighted by Crippen LogP contribution is -2.10. The number of halogens is 1. The predicted octanol–water partition coefficient (Wildman–Crippen LogP) is 1.38. The maximum Gasteiger partial charge on any atom is 0.0485 e. The van der Waals surface area contributed by atoms with Gasteiger partial charge in [0, 0.05) is 6.54 Å². The Morgan fingerprint density at radius 2 is 2.67 bits per heavy atom. The highest BCUT2D eigenvalue weighted by atomic mass is 127. The first kappa shape index (κ1) is 7.60. The fourth-order valence-corrected chi connectivity index (χ4v) is 1.99. The maximum atomic E-state index is 4.42. The second-order valence-corrected chi connectivity index (χ2v) is 3.98. The van der Waals surface area contributed by atoms with Crippen molar-refractivity contribution in [1.29, 1.82) is 0 Å². The first-order chi connectivity index (χ1) is 4.43. The Morgan fingerprint density at radius 3 is 3.22 bits per heavy atom. The van der Waals surface area contributed by atoms with Gasteiger partial charge in [-0.2, -0.15) is 0 Å². The van der Waals surface area contributed by atoms with Gasteiger partial charge in [0.05, 0.1) is 0 Å². The van der Waals surface area contributed by atoms with Gasteiger partial charge in [-0.25, -0.2) is 0 Å². The van der Waals surface area contributed by atoms with Crippen molar-refractivity contribution >= 4 is 21.0 Å². The molecule has 2 nitrogen and oxygen atoms in total. The second kappa shape index (κ2) is 4.33. The van der Waals surface area contributed by atoms with E-state index in [9.17, 15) is 0 Å². The van der Waals surface area contributed by atoms with E-state index in [-0.39, 0.29) is 21.0 Å². The fourth-order valence-electron chi connectivity index (χ4n) is 1.04. The number of alkyl halides is 1. The molecule has 54 valence electrons. The van der Waals surface area contributed by atoms with Gasteiger partial charge in [-0.15, -0.1) is 0 Å². The summed E-state index contributed by atoms with van der Waals surface area (Å²) in [5.74, 6) is 0.865. The summed E-state index contributed by atoms with van der Waals surface area (Å²) >= 11 is 0.187. The van der Waals surface area contributed by atoms with Crippen molar-refractivity contribution in [2.24, 2.45) is 9.06 Å². The van der Waals surface area contributed by atoms with Crippen LogP contribution in [0.1, 0.15) is 6.42 Å². The van der Waals surface area contributed by atoms with Crippen LogP contribution in [0.5, 0.6) is 0 Å². The van der Waals surface area contributed by atoms with Gasteiger partial charge in [-0.05, 0) is 51.4 Å². The molecule has 0 saturated carbocycles. The van der Waals surface area contributed by atoms with Crippen molar-refractivity contribution in [2.75, 3.05) is 24.6 Å². The quantitative estimate of drug-likeness (QED) is 0.572. The van der Waals surface area contributed by atoms with E-state index in [1.165, 1.54) is 19.5 Å². The number of nitrogens with one attached hydrogen (secondary N) is 1. The van der Waals surface area contributed by atoms with E-state index >= 15 is 0 Å². The van der Waals surface area contributed by atoms with Crippen LogP contribution in [0.3, 0.4) is 0 Å². The van der Waals surface area contributed by atoms with Gasteiger partial charge in [0.1, 0.15) is 0 Å². The molecule has 0 radical (unpaired) electrons. The molecular weight excluding hydrogens is 227 g/mol. The molecule has 1 fully saturated rings. The van der Waals surface area contributed by atoms with Crippen molar-refractivity contribution < 1.29 is 0 Å². The van der Waals surface area contributed by atoms with E-state index in [1.807, 2.05) is 0 Å². The van der Waals surface area contributed by atoms with Crippen LogP contribution < -0.4 is 5.32 Å². The van der Waals surface area contributed by atoms with E-state index < -0.39 is 0 Å². The van der Waals surface area contributed by atoms with Gasteiger partial charge >= 0.3 is 0 Å². The van der Waals surface area contributed by atoms with Crippen molar-refractivity contribution in [3.63, 3.8) is 0 Å². The Bertz CT molecular complexity index is 97.2. The first-order valence-electron chi connectivity index (χ1n) is 3.30. The molecule has 1 heterocycles. The number of hydrogen-bond donors (Lipinski definition) is 1.